The molecule has 0 saturated heterocycles. The zero-order valence-electron chi connectivity index (χ0n) is 12.6. The second-order valence-corrected chi connectivity index (χ2v) is 7.38. The minimum Gasteiger partial charge on any atom is -0.298 e. The third-order valence-electron chi connectivity index (χ3n) is 3.62. The van der Waals surface area contributed by atoms with Crippen molar-refractivity contribution >= 4 is 21.4 Å². The first-order valence-corrected chi connectivity index (χ1v) is 8.92. The molecule has 0 aromatic heterocycles. The monoisotopic (exact) mass is 346 g/mol. The molecule has 1 aliphatic rings. The molecule has 124 valence electrons. The molecule has 0 saturated carbocycles. The van der Waals surface area contributed by atoms with Crippen LogP contribution in [0, 0.1) is 5.82 Å². The lowest BCUT2D eigenvalue weighted by atomic mass is 10.1. The smallest absolute Gasteiger partial charge is 0.242 e. The van der Waals surface area contributed by atoms with Crippen LogP contribution in [-0.2, 0) is 21.1 Å². The van der Waals surface area contributed by atoms with Crippen molar-refractivity contribution in [2.45, 2.75) is 11.3 Å². The van der Waals surface area contributed by atoms with Crippen molar-refractivity contribution in [3.63, 3.8) is 0 Å². The Labute approximate surface area is 139 Å². The minimum absolute atomic E-state index is 0.0474. The maximum absolute atomic E-state index is 13.5. The zero-order valence-corrected chi connectivity index (χ0v) is 13.4. The van der Waals surface area contributed by atoms with Gasteiger partial charge in [-0.2, -0.15) is 0 Å². The number of sulfone groups is 1. The van der Waals surface area contributed by atoms with Gasteiger partial charge in [0.25, 0.3) is 0 Å². The number of halogens is 1. The van der Waals surface area contributed by atoms with Crippen molar-refractivity contribution < 1.29 is 17.6 Å². The summed E-state index contributed by atoms with van der Waals surface area (Å²) in [5.74, 6) is -1.04. The second kappa shape index (κ2) is 6.45. The van der Waals surface area contributed by atoms with Gasteiger partial charge in [0.15, 0.2) is 9.84 Å². The fraction of sp³-hybridized carbons (Fsp3) is 0.118. The van der Waals surface area contributed by atoms with Crippen LogP contribution in [0.15, 0.2) is 59.5 Å². The summed E-state index contributed by atoms with van der Waals surface area (Å²) in [5, 5.41) is 0. The number of fused-ring (bicyclic) bond motifs is 1. The van der Waals surface area contributed by atoms with E-state index in [9.17, 15) is 17.6 Å². The molecule has 1 amide bonds. The van der Waals surface area contributed by atoms with Gasteiger partial charge in [-0.05, 0) is 29.8 Å². The average Bonchev–Trinajstić information content (AvgIpc) is 2.55. The lowest BCUT2D eigenvalue weighted by Gasteiger charge is -2.19. The molecule has 0 radical (unpaired) electrons. The summed E-state index contributed by atoms with van der Waals surface area (Å²) in [6, 6.07) is 12.7. The summed E-state index contributed by atoms with van der Waals surface area (Å²) in [7, 11) is -3.47. The summed E-state index contributed by atoms with van der Waals surface area (Å²) in [5.41, 5.74) is 6.63. The van der Waals surface area contributed by atoms with Crippen LogP contribution in [0.5, 0.6) is 0 Å². The van der Waals surface area contributed by atoms with Crippen LogP contribution in [0.3, 0.4) is 0 Å². The normalized spacial score (nSPS) is 15.1. The maximum atomic E-state index is 13.5. The molecule has 0 bridgehead atoms. The summed E-state index contributed by atoms with van der Waals surface area (Å²) in [6.07, 6.45) is 1.59. The van der Waals surface area contributed by atoms with Crippen molar-refractivity contribution in [2.75, 3.05) is 5.75 Å². The first-order chi connectivity index (χ1) is 11.5. The molecule has 0 aliphatic carbocycles. The van der Waals surface area contributed by atoms with Crippen LogP contribution in [-0.4, -0.2) is 20.1 Å². The van der Waals surface area contributed by atoms with Gasteiger partial charge in [-0.25, -0.2) is 12.8 Å². The molecule has 5 nitrogen and oxygen atoms in total. The number of nitrogens with one attached hydrogen (secondary N) is 2. The predicted molar refractivity (Wildman–Crippen MR) is 87.9 cm³/mol. The van der Waals surface area contributed by atoms with E-state index in [2.05, 4.69) is 10.9 Å². The van der Waals surface area contributed by atoms with Gasteiger partial charge >= 0.3 is 0 Å². The lowest BCUT2D eigenvalue weighted by molar-refractivity contribution is -0.121. The van der Waals surface area contributed by atoms with Crippen LogP contribution in [0.1, 0.15) is 11.1 Å². The van der Waals surface area contributed by atoms with E-state index in [-0.39, 0.29) is 28.5 Å². The van der Waals surface area contributed by atoms with E-state index in [1.54, 1.807) is 0 Å². The van der Waals surface area contributed by atoms with Crippen LogP contribution >= 0.6 is 0 Å². The Morgan fingerprint density at radius 2 is 1.88 bits per heavy atom. The number of hydrogen-bond acceptors (Lipinski definition) is 4. The molecule has 24 heavy (non-hydrogen) atoms. The highest BCUT2D eigenvalue weighted by Gasteiger charge is 2.25. The number of carbonyl (C=O) groups excluding carboxylic acids is 1. The first-order valence-electron chi connectivity index (χ1n) is 7.27. The number of carbonyl (C=O) groups is 1. The molecule has 2 aromatic carbocycles. The maximum Gasteiger partial charge on any atom is 0.242 e. The summed E-state index contributed by atoms with van der Waals surface area (Å²) < 4.78 is 37.5. The standard InChI is InChI=1S/C17H15FN2O3S/c18-13-6-7-16-14(11-13)15(8-9-24(16,22)23)19-20-17(21)10-12-4-2-1-3-5-12/h1-8,11,19H,9-10H2,(H,20,21). The SMILES string of the molecule is O=C(Cc1ccccc1)NNC1=CCS(=O)(=O)c2ccc(F)cc21. The average molecular weight is 346 g/mol. The van der Waals surface area contributed by atoms with Gasteiger partial charge in [0.05, 0.1) is 22.8 Å². The van der Waals surface area contributed by atoms with E-state index < -0.39 is 15.7 Å². The minimum atomic E-state index is -3.47. The highest BCUT2D eigenvalue weighted by atomic mass is 32.2. The third-order valence-corrected chi connectivity index (χ3v) is 5.25. The largest absolute Gasteiger partial charge is 0.298 e. The van der Waals surface area contributed by atoms with Gasteiger partial charge in [0.1, 0.15) is 5.82 Å². The highest BCUT2D eigenvalue weighted by molar-refractivity contribution is 7.91. The molecule has 0 fully saturated rings. The van der Waals surface area contributed by atoms with Crippen molar-refractivity contribution in [3.05, 3.63) is 71.6 Å². The van der Waals surface area contributed by atoms with Crippen LogP contribution < -0.4 is 10.9 Å². The van der Waals surface area contributed by atoms with Gasteiger partial charge in [-0.15, -0.1) is 0 Å². The Morgan fingerprint density at radius 1 is 1.12 bits per heavy atom. The molecule has 0 unspecified atom stereocenters. The molecule has 3 rings (SSSR count). The highest BCUT2D eigenvalue weighted by Crippen LogP contribution is 2.28. The van der Waals surface area contributed by atoms with Crippen LogP contribution in [0.4, 0.5) is 4.39 Å². The van der Waals surface area contributed by atoms with Crippen molar-refractivity contribution in [1.29, 1.82) is 0 Å². The molecule has 7 heteroatoms. The van der Waals surface area contributed by atoms with Gasteiger partial charge in [-0.3, -0.25) is 15.6 Å². The Balaban J connectivity index is 1.73. The number of hydrogen-bond donors (Lipinski definition) is 2. The number of amides is 1. The Morgan fingerprint density at radius 3 is 2.62 bits per heavy atom. The van der Waals surface area contributed by atoms with Gasteiger partial charge in [0.2, 0.25) is 5.91 Å². The third kappa shape index (κ3) is 3.46. The van der Waals surface area contributed by atoms with E-state index in [0.29, 0.717) is 5.70 Å². The topological polar surface area (TPSA) is 75.3 Å². The second-order valence-electron chi connectivity index (χ2n) is 5.38. The van der Waals surface area contributed by atoms with E-state index >= 15 is 0 Å². The number of hydrazine groups is 1. The Kier molecular flexibility index (Phi) is 4.35. The molecule has 0 spiro atoms. The van der Waals surface area contributed by atoms with E-state index in [1.165, 1.54) is 12.1 Å². The number of benzene rings is 2. The molecule has 1 heterocycles. The Bertz CT molecular complexity index is 909. The molecular formula is C17H15FN2O3S. The van der Waals surface area contributed by atoms with Crippen molar-refractivity contribution in [2.24, 2.45) is 0 Å². The molecule has 2 aromatic rings. The van der Waals surface area contributed by atoms with E-state index in [1.807, 2.05) is 30.3 Å². The van der Waals surface area contributed by atoms with Gasteiger partial charge < -0.3 is 0 Å². The fourth-order valence-corrected chi connectivity index (χ4v) is 3.80. The van der Waals surface area contributed by atoms with Crippen LogP contribution in [0.25, 0.3) is 5.70 Å². The summed E-state index contributed by atoms with van der Waals surface area (Å²) >= 11 is 0. The van der Waals surface area contributed by atoms with Gasteiger partial charge in [0, 0.05) is 5.56 Å². The molecule has 1 aliphatic heterocycles. The molecule has 0 atom stereocenters. The summed E-state index contributed by atoms with van der Waals surface area (Å²) in [6.45, 7) is 0. The quantitative estimate of drug-likeness (QED) is 0.654. The van der Waals surface area contributed by atoms with Crippen molar-refractivity contribution in [3.8, 4) is 0 Å². The van der Waals surface area contributed by atoms with E-state index in [0.717, 1.165) is 17.7 Å². The number of rotatable bonds is 4. The van der Waals surface area contributed by atoms with Gasteiger partial charge in [-0.1, -0.05) is 30.3 Å². The first kappa shape index (κ1) is 16.2. The zero-order chi connectivity index (χ0) is 17.2. The molecule has 2 N–H and O–H groups in total. The molecular weight excluding hydrogens is 331 g/mol. The lowest BCUT2D eigenvalue weighted by Crippen LogP contribution is -2.38. The van der Waals surface area contributed by atoms with Crippen molar-refractivity contribution in [1.82, 2.24) is 10.9 Å². The predicted octanol–water partition coefficient (Wildman–Crippen LogP) is 1.82. The van der Waals surface area contributed by atoms with E-state index in [4.69, 9.17) is 0 Å². The van der Waals surface area contributed by atoms with Crippen LogP contribution in [0.2, 0.25) is 0 Å². The fourth-order valence-electron chi connectivity index (χ4n) is 2.46. The summed E-state index contributed by atoms with van der Waals surface area (Å²) in [4.78, 5) is 12.0. The Hall–Kier alpha value is -2.67.